The Morgan fingerprint density at radius 1 is 1.15 bits per heavy atom. The van der Waals surface area contributed by atoms with E-state index in [2.05, 4.69) is 34.4 Å². The van der Waals surface area contributed by atoms with E-state index in [4.69, 9.17) is 9.72 Å². The third kappa shape index (κ3) is 5.71. The molecule has 2 aromatic carbocycles. The largest absolute Gasteiger partial charge is 0.496 e. The number of anilines is 1. The molecule has 210 valence electrons. The van der Waals surface area contributed by atoms with Crippen LogP contribution in [0.1, 0.15) is 54.2 Å². The average molecular weight is 546 g/mol. The molecule has 0 bridgehead atoms. The van der Waals surface area contributed by atoms with Gasteiger partial charge in [-0.2, -0.15) is 0 Å². The molecule has 1 saturated heterocycles. The van der Waals surface area contributed by atoms with Gasteiger partial charge in [0.15, 0.2) is 5.82 Å². The van der Waals surface area contributed by atoms with Crippen molar-refractivity contribution < 1.29 is 19.0 Å². The fourth-order valence-corrected chi connectivity index (χ4v) is 5.40. The molecule has 40 heavy (non-hydrogen) atoms. The van der Waals surface area contributed by atoms with E-state index >= 15 is 4.39 Å². The van der Waals surface area contributed by atoms with E-state index in [0.29, 0.717) is 22.9 Å². The van der Waals surface area contributed by atoms with Gasteiger partial charge in [0.25, 0.3) is 5.91 Å². The highest BCUT2D eigenvalue weighted by molar-refractivity contribution is 6.05. The fourth-order valence-electron chi connectivity index (χ4n) is 5.40. The second-order valence-electron chi connectivity index (χ2n) is 11.3. The number of nitrogens with zero attached hydrogens (tertiary/aromatic N) is 4. The van der Waals surface area contributed by atoms with Crippen LogP contribution in [0.5, 0.6) is 5.75 Å². The molecule has 1 fully saturated rings. The van der Waals surface area contributed by atoms with Gasteiger partial charge >= 0.3 is 0 Å². The van der Waals surface area contributed by atoms with Crippen LogP contribution in [-0.4, -0.2) is 63.3 Å². The molecule has 8 nitrogen and oxygen atoms in total. The molecule has 4 aromatic rings. The Morgan fingerprint density at radius 2 is 1.88 bits per heavy atom. The topological polar surface area (TPSA) is 92.5 Å². The minimum absolute atomic E-state index is 0.0374. The van der Waals surface area contributed by atoms with Gasteiger partial charge in [-0.25, -0.2) is 14.4 Å². The Labute approximate surface area is 233 Å². The number of carbonyl (C=O) groups excluding carboxylic acids is 1. The molecular formula is C31H36FN5O3. The SMILES string of the molecule is COc1ccccc1-c1nc(C)cc(C(=O)Nc2nc3cc(C4CCN(C)CC4)ccc3n2CC(C)(C)O)c1F. The fraction of sp³-hybridized carbons (Fsp3) is 0.387. The first kappa shape index (κ1) is 27.7. The zero-order valence-corrected chi connectivity index (χ0v) is 23.7. The molecule has 0 aliphatic carbocycles. The zero-order valence-electron chi connectivity index (χ0n) is 23.7. The van der Waals surface area contributed by atoms with E-state index in [1.54, 1.807) is 49.6 Å². The molecule has 0 unspecified atom stereocenters. The maximum atomic E-state index is 15.8. The highest BCUT2D eigenvalue weighted by Gasteiger charge is 2.25. The molecule has 0 saturated carbocycles. The summed E-state index contributed by atoms with van der Waals surface area (Å²) < 4.78 is 23.0. The minimum atomic E-state index is -1.07. The standard InChI is InChI=1S/C31H36FN5O3/c1-19-16-23(27(32)28(33-19)22-8-6-7-9-26(22)40-5)29(38)35-30-34-24-17-21(20-12-14-36(4)15-13-20)10-11-25(24)37(30)18-31(2,3)39/h6-11,16-17,20,39H,12-15,18H2,1-5H3,(H,34,35,38). The monoisotopic (exact) mass is 545 g/mol. The van der Waals surface area contributed by atoms with E-state index in [1.165, 1.54) is 18.7 Å². The predicted molar refractivity (Wildman–Crippen MR) is 154 cm³/mol. The van der Waals surface area contributed by atoms with Crippen LogP contribution in [0, 0.1) is 12.7 Å². The Kier molecular flexibility index (Phi) is 7.61. The van der Waals surface area contributed by atoms with Crippen LogP contribution in [0.2, 0.25) is 0 Å². The molecule has 3 heterocycles. The Hall–Kier alpha value is -3.82. The van der Waals surface area contributed by atoms with Gasteiger partial charge in [-0.1, -0.05) is 18.2 Å². The van der Waals surface area contributed by atoms with Crippen molar-refractivity contribution in [3.63, 3.8) is 0 Å². The minimum Gasteiger partial charge on any atom is -0.496 e. The maximum absolute atomic E-state index is 15.8. The Bertz CT molecular complexity index is 1550. The number of hydrogen-bond acceptors (Lipinski definition) is 6. The van der Waals surface area contributed by atoms with Crippen molar-refractivity contribution in [1.82, 2.24) is 19.4 Å². The summed E-state index contributed by atoms with van der Waals surface area (Å²) in [5, 5.41) is 13.5. The number of amides is 1. The normalized spacial score (nSPS) is 15.0. The lowest BCUT2D eigenvalue weighted by molar-refractivity contribution is 0.0630. The van der Waals surface area contributed by atoms with E-state index in [9.17, 15) is 9.90 Å². The van der Waals surface area contributed by atoms with Gasteiger partial charge in [0.2, 0.25) is 5.95 Å². The number of ether oxygens (including phenoxy) is 1. The van der Waals surface area contributed by atoms with Crippen LogP contribution < -0.4 is 10.1 Å². The van der Waals surface area contributed by atoms with Crippen LogP contribution in [-0.2, 0) is 6.54 Å². The van der Waals surface area contributed by atoms with Crippen molar-refractivity contribution in [3.05, 3.63) is 71.2 Å². The molecule has 0 spiro atoms. The van der Waals surface area contributed by atoms with Gasteiger partial charge in [0.05, 0.1) is 35.9 Å². The first-order chi connectivity index (χ1) is 19.0. The number of likely N-dealkylation sites (tertiary alicyclic amines) is 1. The van der Waals surface area contributed by atoms with Gasteiger partial charge in [-0.3, -0.25) is 10.1 Å². The summed E-state index contributed by atoms with van der Waals surface area (Å²) in [6.45, 7) is 7.39. The molecule has 5 rings (SSSR count). The summed E-state index contributed by atoms with van der Waals surface area (Å²) in [6, 6.07) is 14.6. The molecule has 2 N–H and O–H groups in total. The summed E-state index contributed by atoms with van der Waals surface area (Å²) in [4.78, 5) is 25.0. The van der Waals surface area contributed by atoms with Crippen LogP contribution in [0.25, 0.3) is 22.3 Å². The van der Waals surface area contributed by atoms with Crippen LogP contribution in [0.15, 0.2) is 48.5 Å². The summed E-state index contributed by atoms with van der Waals surface area (Å²) in [5.41, 5.74) is 2.47. The van der Waals surface area contributed by atoms with Crippen molar-refractivity contribution >= 4 is 22.9 Å². The summed E-state index contributed by atoms with van der Waals surface area (Å²) in [5.74, 6) is -0.252. The third-order valence-corrected chi connectivity index (χ3v) is 7.43. The maximum Gasteiger partial charge on any atom is 0.261 e. The van der Waals surface area contributed by atoms with Gasteiger partial charge in [0, 0.05) is 11.3 Å². The molecule has 9 heteroatoms. The second kappa shape index (κ2) is 11.0. The number of para-hydroxylation sites is 1. The van der Waals surface area contributed by atoms with Crippen molar-refractivity contribution in [2.75, 3.05) is 32.6 Å². The number of piperidine rings is 1. The number of hydrogen-bond donors (Lipinski definition) is 2. The van der Waals surface area contributed by atoms with E-state index in [-0.39, 0.29) is 23.8 Å². The number of nitrogens with one attached hydrogen (secondary N) is 1. The molecule has 0 atom stereocenters. The zero-order chi connectivity index (χ0) is 28.6. The average Bonchev–Trinajstić information content (AvgIpc) is 3.24. The quantitative estimate of drug-likeness (QED) is 0.324. The van der Waals surface area contributed by atoms with Gasteiger partial charge < -0.3 is 19.3 Å². The van der Waals surface area contributed by atoms with E-state index in [0.717, 1.165) is 37.0 Å². The summed E-state index contributed by atoms with van der Waals surface area (Å²) in [7, 11) is 3.64. The molecule has 0 radical (unpaired) electrons. The van der Waals surface area contributed by atoms with E-state index in [1.807, 2.05) is 6.07 Å². The summed E-state index contributed by atoms with van der Waals surface area (Å²) in [6.07, 6.45) is 2.15. The molecule has 1 aliphatic rings. The Balaban J connectivity index is 1.52. The Morgan fingerprint density at radius 3 is 2.58 bits per heavy atom. The lowest BCUT2D eigenvalue weighted by Gasteiger charge is -2.29. The number of imidazole rings is 1. The highest BCUT2D eigenvalue weighted by atomic mass is 19.1. The lowest BCUT2D eigenvalue weighted by atomic mass is 9.89. The first-order valence-electron chi connectivity index (χ1n) is 13.6. The lowest BCUT2D eigenvalue weighted by Crippen LogP contribution is -2.29. The number of aromatic nitrogens is 3. The number of fused-ring (bicyclic) bond motifs is 1. The molecule has 1 amide bonds. The van der Waals surface area contributed by atoms with Crippen molar-refractivity contribution in [2.45, 2.75) is 51.7 Å². The number of benzene rings is 2. The molecular weight excluding hydrogens is 509 g/mol. The smallest absolute Gasteiger partial charge is 0.261 e. The van der Waals surface area contributed by atoms with Crippen molar-refractivity contribution in [3.8, 4) is 17.0 Å². The van der Waals surface area contributed by atoms with Crippen LogP contribution in [0.3, 0.4) is 0 Å². The van der Waals surface area contributed by atoms with Gasteiger partial charge in [-0.15, -0.1) is 0 Å². The van der Waals surface area contributed by atoms with Crippen molar-refractivity contribution in [2.24, 2.45) is 0 Å². The summed E-state index contributed by atoms with van der Waals surface area (Å²) >= 11 is 0. The number of methoxy groups -OCH3 is 1. The second-order valence-corrected chi connectivity index (χ2v) is 11.3. The third-order valence-electron chi connectivity index (χ3n) is 7.43. The van der Waals surface area contributed by atoms with Gasteiger partial charge in [-0.05, 0) is 95.6 Å². The van der Waals surface area contributed by atoms with E-state index < -0.39 is 17.3 Å². The number of pyridine rings is 1. The number of rotatable bonds is 7. The van der Waals surface area contributed by atoms with Crippen molar-refractivity contribution in [1.29, 1.82) is 0 Å². The number of halogens is 1. The number of aryl methyl sites for hydroxylation is 1. The molecule has 1 aliphatic heterocycles. The predicted octanol–water partition coefficient (Wildman–Crippen LogP) is 5.39. The number of aliphatic hydroxyl groups is 1. The first-order valence-corrected chi connectivity index (χ1v) is 13.6. The number of carbonyl (C=O) groups is 1. The van der Waals surface area contributed by atoms with Gasteiger partial charge in [0.1, 0.15) is 11.4 Å². The van der Waals surface area contributed by atoms with Crippen LogP contribution >= 0.6 is 0 Å². The highest BCUT2D eigenvalue weighted by Crippen LogP contribution is 2.33. The van der Waals surface area contributed by atoms with Crippen LogP contribution in [0.4, 0.5) is 10.3 Å². The molecule has 2 aromatic heterocycles.